The Hall–Kier alpha value is -4.12. The molecular formula is C34H33Cl2FN4O5. The van der Waals surface area contributed by atoms with Crippen molar-refractivity contribution in [2.75, 3.05) is 51.6 Å². The fourth-order valence-electron chi connectivity index (χ4n) is 6.37. The van der Waals surface area contributed by atoms with E-state index in [-0.39, 0.29) is 46.6 Å². The number of nitrogens with zero attached hydrogens (tertiary/aromatic N) is 2. The highest BCUT2D eigenvalue weighted by Crippen LogP contribution is 2.42. The number of nitrogens with one attached hydrogen (secondary N) is 2. The zero-order valence-corrected chi connectivity index (χ0v) is 26.9. The molecular weight excluding hydrogens is 634 g/mol. The molecule has 3 aliphatic rings. The highest BCUT2D eigenvalue weighted by molar-refractivity contribution is 6.40. The first-order valence-electron chi connectivity index (χ1n) is 15.0. The molecule has 2 atom stereocenters. The zero-order valence-electron chi connectivity index (χ0n) is 25.4. The second kappa shape index (κ2) is 13.3. The molecule has 240 valence electrons. The number of benzene rings is 3. The molecule has 46 heavy (non-hydrogen) atoms. The molecule has 2 N–H and O–H groups in total. The van der Waals surface area contributed by atoms with Crippen molar-refractivity contribution in [3.63, 3.8) is 0 Å². The Kier molecular flexibility index (Phi) is 9.22. The largest absolute Gasteiger partial charge is 0.472 e. The molecule has 0 aromatic heterocycles. The maximum absolute atomic E-state index is 15.9. The van der Waals surface area contributed by atoms with Gasteiger partial charge in [-0.3, -0.25) is 4.79 Å². The Bertz CT molecular complexity index is 1710. The number of esters is 1. The number of halogens is 3. The molecule has 6 rings (SSSR count). The monoisotopic (exact) mass is 666 g/mol. The van der Waals surface area contributed by atoms with E-state index in [0.29, 0.717) is 71.8 Å². The summed E-state index contributed by atoms with van der Waals surface area (Å²) in [6.07, 6.45) is 2.79. The number of ether oxygens (including phenoxy) is 3. The number of rotatable bonds is 8. The Morgan fingerprint density at radius 3 is 2.48 bits per heavy atom. The lowest BCUT2D eigenvalue weighted by Crippen LogP contribution is -2.37. The zero-order chi connectivity index (χ0) is 32.5. The van der Waals surface area contributed by atoms with Crippen LogP contribution in [0.2, 0.25) is 10.0 Å². The van der Waals surface area contributed by atoms with Crippen LogP contribution in [0.3, 0.4) is 0 Å². The van der Waals surface area contributed by atoms with Crippen molar-refractivity contribution in [2.24, 2.45) is 11.8 Å². The number of hydrogen-bond donors (Lipinski definition) is 2. The van der Waals surface area contributed by atoms with Gasteiger partial charge in [0.15, 0.2) is 6.73 Å². The third kappa shape index (κ3) is 5.92. The Labute approximate surface area is 276 Å². The lowest BCUT2D eigenvalue weighted by atomic mass is 9.97. The molecule has 0 aliphatic carbocycles. The number of anilines is 1. The van der Waals surface area contributed by atoms with E-state index in [1.54, 1.807) is 50.5 Å². The van der Waals surface area contributed by atoms with E-state index in [0.717, 1.165) is 6.21 Å². The van der Waals surface area contributed by atoms with E-state index in [1.165, 1.54) is 11.0 Å². The summed E-state index contributed by atoms with van der Waals surface area (Å²) in [6.45, 7) is 4.67. The molecule has 0 radical (unpaired) electrons. The molecule has 2 saturated heterocycles. The summed E-state index contributed by atoms with van der Waals surface area (Å²) in [5.41, 5.74) is 3.51. The van der Waals surface area contributed by atoms with Gasteiger partial charge in [-0.25, -0.2) is 9.18 Å². The molecule has 3 aromatic carbocycles. The number of hydrogen-bond acceptors (Lipinski definition) is 8. The molecule has 0 spiro atoms. The minimum Gasteiger partial charge on any atom is -0.472 e. The number of carbonyl (C=O) groups is 2. The van der Waals surface area contributed by atoms with Crippen molar-refractivity contribution < 1.29 is 28.2 Å². The highest BCUT2D eigenvalue weighted by atomic mass is 35.5. The number of amides is 1. The predicted molar refractivity (Wildman–Crippen MR) is 175 cm³/mol. The smallest absolute Gasteiger partial charge is 0.340 e. The third-order valence-electron chi connectivity index (χ3n) is 8.61. The predicted octanol–water partition coefficient (Wildman–Crippen LogP) is 6.26. The van der Waals surface area contributed by atoms with Crippen LogP contribution < -0.4 is 15.0 Å². The van der Waals surface area contributed by atoms with Crippen molar-refractivity contribution in [1.29, 1.82) is 5.41 Å². The van der Waals surface area contributed by atoms with Gasteiger partial charge in [0.1, 0.15) is 11.6 Å². The second-order valence-corrected chi connectivity index (χ2v) is 12.3. The van der Waals surface area contributed by atoms with Crippen LogP contribution in [0.4, 0.5) is 10.1 Å². The number of para-hydroxylation sites is 1. The van der Waals surface area contributed by atoms with Crippen LogP contribution in [0, 0.1) is 23.1 Å². The summed E-state index contributed by atoms with van der Waals surface area (Å²) in [5, 5.41) is 10.8. The van der Waals surface area contributed by atoms with E-state index in [4.69, 9.17) is 42.8 Å². The Balaban J connectivity index is 1.31. The third-order valence-corrected chi connectivity index (χ3v) is 9.20. The first-order valence-corrected chi connectivity index (χ1v) is 15.7. The number of fused-ring (bicyclic) bond motifs is 2. The molecule has 12 heteroatoms. The van der Waals surface area contributed by atoms with Gasteiger partial charge in [-0.2, -0.15) is 0 Å². The molecule has 3 heterocycles. The molecule has 3 aromatic rings. The lowest BCUT2D eigenvalue weighted by molar-refractivity contribution is 0.0512. The first-order chi connectivity index (χ1) is 22.2. The summed E-state index contributed by atoms with van der Waals surface area (Å²) in [5.74, 6) is -0.439. The van der Waals surface area contributed by atoms with Crippen molar-refractivity contribution >= 4 is 52.6 Å². The molecule has 0 saturated carbocycles. The summed E-state index contributed by atoms with van der Waals surface area (Å²) in [6, 6.07) is 11.5. The van der Waals surface area contributed by atoms with Gasteiger partial charge < -0.3 is 34.7 Å². The first kappa shape index (κ1) is 31.8. The maximum atomic E-state index is 15.9. The van der Waals surface area contributed by atoms with Crippen molar-refractivity contribution in [3.05, 3.63) is 86.8 Å². The van der Waals surface area contributed by atoms with Crippen LogP contribution >= 0.6 is 23.2 Å². The van der Waals surface area contributed by atoms with E-state index in [9.17, 15) is 9.59 Å². The van der Waals surface area contributed by atoms with Gasteiger partial charge in [0.2, 0.25) is 0 Å². The van der Waals surface area contributed by atoms with Gasteiger partial charge in [-0.05, 0) is 36.8 Å². The SMILES string of the molecule is CCOC(=O)c1cc(F)c(-c2cccc3c2OCN(C(=O)c2c(Cl)cc(/C(C=N)=C/NC)cc2Cl)C3)cc1N1CC2COCC2C1. The van der Waals surface area contributed by atoms with E-state index in [2.05, 4.69) is 10.2 Å². The van der Waals surface area contributed by atoms with Crippen molar-refractivity contribution in [3.8, 4) is 16.9 Å². The minimum atomic E-state index is -0.583. The number of allylic oxidation sites excluding steroid dienone is 1. The highest BCUT2D eigenvalue weighted by Gasteiger charge is 2.39. The molecule has 2 unspecified atom stereocenters. The van der Waals surface area contributed by atoms with Gasteiger partial charge >= 0.3 is 5.97 Å². The van der Waals surface area contributed by atoms with Gasteiger partial charge in [0.05, 0.1) is 53.2 Å². The Morgan fingerprint density at radius 2 is 1.83 bits per heavy atom. The van der Waals surface area contributed by atoms with Crippen LogP contribution in [-0.2, 0) is 16.0 Å². The summed E-state index contributed by atoms with van der Waals surface area (Å²) >= 11 is 13.1. The fraction of sp³-hybridized carbons (Fsp3) is 0.324. The van der Waals surface area contributed by atoms with Gasteiger partial charge in [-0.1, -0.05) is 41.4 Å². The van der Waals surface area contributed by atoms with Crippen LogP contribution in [0.5, 0.6) is 5.75 Å². The topological polar surface area (TPSA) is 104 Å². The second-order valence-electron chi connectivity index (χ2n) is 11.5. The van der Waals surface area contributed by atoms with E-state index in [1.807, 2.05) is 6.07 Å². The molecule has 1 amide bonds. The quantitative estimate of drug-likeness (QED) is 0.216. The van der Waals surface area contributed by atoms with Crippen LogP contribution in [-0.4, -0.2) is 69.7 Å². The van der Waals surface area contributed by atoms with E-state index >= 15 is 4.39 Å². The van der Waals surface area contributed by atoms with Gasteiger partial charge in [0.25, 0.3) is 5.91 Å². The molecule has 2 fully saturated rings. The van der Waals surface area contributed by atoms with Crippen molar-refractivity contribution in [1.82, 2.24) is 10.2 Å². The maximum Gasteiger partial charge on any atom is 0.340 e. The molecule has 9 nitrogen and oxygen atoms in total. The fourth-order valence-corrected chi connectivity index (χ4v) is 7.02. The van der Waals surface area contributed by atoms with Gasteiger partial charge in [-0.15, -0.1) is 0 Å². The van der Waals surface area contributed by atoms with Crippen LogP contribution in [0.1, 0.15) is 38.8 Å². The summed E-state index contributed by atoms with van der Waals surface area (Å²) in [7, 11) is 1.71. The average molecular weight is 668 g/mol. The standard InChI is InChI=1S/C34H33Cl2FN4O5/c1-3-45-34(43)26-9-29(37)25(10-30(26)40-14-22-16-44-17-23(22)15-40)24-6-4-5-19-13-41(18-46-32(19)24)33(42)31-27(35)7-20(8-28(31)36)21(11-38)12-39-2/h4-12,22-23,38-39H,3,13-18H2,1-2H3/b21-12+,38-11?. The lowest BCUT2D eigenvalue weighted by Gasteiger charge is -2.31. The van der Waals surface area contributed by atoms with Gasteiger partial charge in [0, 0.05) is 66.7 Å². The van der Waals surface area contributed by atoms with Crippen LogP contribution in [0.15, 0.2) is 48.7 Å². The summed E-state index contributed by atoms with van der Waals surface area (Å²) in [4.78, 5) is 30.2. The molecule has 3 aliphatic heterocycles. The number of carbonyl (C=O) groups excluding carboxylic acids is 2. The van der Waals surface area contributed by atoms with E-state index < -0.39 is 17.7 Å². The normalized spacial score (nSPS) is 18.9. The Morgan fingerprint density at radius 1 is 1.11 bits per heavy atom. The molecule has 0 bridgehead atoms. The summed E-state index contributed by atoms with van der Waals surface area (Å²) < 4.78 is 32.9. The minimum absolute atomic E-state index is 0.118. The van der Waals surface area contributed by atoms with Crippen LogP contribution in [0.25, 0.3) is 16.7 Å². The average Bonchev–Trinajstić information content (AvgIpc) is 3.66. The van der Waals surface area contributed by atoms with Crippen molar-refractivity contribution in [2.45, 2.75) is 13.5 Å².